The van der Waals surface area contributed by atoms with Gasteiger partial charge >= 0.3 is 0 Å². The van der Waals surface area contributed by atoms with Crippen molar-refractivity contribution in [1.82, 2.24) is 24.2 Å². The Bertz CT molecular complexity index is 870. The Balaban J connectivity index is 1.83. The molecule has 0 amide bonds. The molecular weight excluding hydrogens is 369 g/mol. The van der Waals surface area contributed by atoms with E-state index >= 15 is 0 Å². The molecule has 0 aromatic carbocycles. The summed E-state index contributed by atoms with van der Waals surface area (Å²) < 4.78 is 43.2. The minimum absolute atomic E-state index is 0.0110. The summed E-state index contributed by atoms with van der Waals surface area (Å²) >= 11 is 0. The molecular formula is C18H26FN5O2S. The lowest BCUT2D eigenvalue weighted by molar-refractivity contribution is 0.449. The van der Waals surface area contributed by atoms with Crippen LogP contribution in [0.3, 0.4) is 0 Å². The molecule has 3 rings (SSSR count). The van der Waals surface area contributed by atoms with Crippen LogP contribution in [0.4, 0.5) is 4.39 Å². The number of imidazole rings is 1. The topological polar surface area (TPSA) is 80.1 Å². The fourth-order valence-electron chi connectivity index (χ4n) is 3.44. The Labute approximate surface area is 159 Å². The van der Waals surface area contributed by atoms with Crippen LogP contribution in [0.5, 0.6) is 0 Å². The molecule has 2 aromatic rings. The fourth-order valence-corrected chi connectivity index (χ4v) is 4.89. The second-order valence-electron chi connectivity index (χ2n) is 6.94. The maximum atomic E-state index is 14.3. The molecule has 1 N–H and O–H groups in total. The highest BCUT2D eigenvalue weighted by Crippen LogP contribution is 2.31. The van der Waals surface area contributed by atoms with Gasteiger partial charge < -0.3 is 9.88 Å². The molecule has 148 valence electrons. The maximum absolute atomic E-state index is 14.3. The highest BCUT2D eigenvalue weighted by molar-refractivity contribution is 7.89. The standard InChI is InChI=1S/C18H26FN5O2S/c1-3-4-5-8-20-16-11-24(27(25,26)17-12-23(2)13-22-17)10-14(16)18-15(19)7-6-9-21-18/h6-7,9,12-14,16,20H,3-5,8,10-11H2,1-2H3/t14-,16-/m0/s1. The van der Waals surface area contributed by atoms with Gasteiger partial charge in [0.2, 0.25) is 0 Å². The molecule has 0 unspecified atom stereocenters. The molecule has 7 nitrogen and oxygen atoms in total. The monoisotopic (exact) mass is 395 g/mol. The number of aromatic nitrogens is 3. The summed E-state index contributed by atoms with van der Waals surface area (Å²) in [4.78, 5) is 8.17. The summed E-state index contributed by atoms with van der Waals surface area (Å²) in [6.07, 6.45) is 7.68. The van der Waals surface area contributed by atoms with Gasteiger partial charge in [0.05, 0.1) is 12.0 Å². The number of hydrogen-bond acceptors (Lipinski definition) is 5. The highest BCUT2D eigenvalue weighted by Gasteiger charge is 2.42. The van der Waals surface area contributed by atoms with Crippen LogP contribution in [0.15, 0.2) is 35.9 Å². The van der Waals surface area contributed by atoms with Crippen molar-refractivity contribution in [3.05, 3.63) is 42.4 Å². The lowest BCUT2D eigenvalue weighted by Crippen LogP contribution is -2.37. The third-order valence-electron chi connectivity index (χ3n) is 4.90. The SMILES string of the molecule is CCCCCN[C@H]1CN(S(=O)(=O)c2cn(C)cn2)C[C@@H]1c1ncccc1F. The van der Waals surface area contributed by atoms with Gasteiger partial charge in [0.15, 0.2) is 5.03 Å². The van der Waals surface area contributed by atoms with E-state index in [-0.39, 0.29) is 30.1 Å². The molecule has 1 fully saturated rings. The molecule has 0 spiro atoms. The van der Waals surface area contributed by atoms with Crippen LogP contribution in [0.1, 0.15) is 37.8 Å². The van der Waals surface area contributed by atoms with Gasteiger partial charge in [-0.3, -0.25) is 4.98 Å². The van der Waals surface area contributed by atoms with Crippen molar-refractivity contribution < 1.29 is 12.8 Å². The van der Waals surface area contributed by atoms with Crippen LogP contribution in [0.2, 0.25) is 0 Å². The predicted molar refractivity (Wildman–Crippen MR) is 100 cm³/mol. The quantitative estimate of drug-likeness (QED) is 0.691. The minimum Gasteiger partial charge on any atom is -0.339 e. The highest BCUT2D eigenvalue weighted by atomic mass is 32.2. The lowest BCUT2D eigenvalue weighted by atomic mass is 9.98. The lowest BCUT2D eigenvalue weighted by Gasteiger charge is -2.19. The van der Waals surface area contributed by atoms with Gasteiger partial charge in [-0.05, 0) is 25.1 Å². The number of halogens is 1. The van der Waals surface area contributed by atoms with E-state index in [1.807, 2.05) is 0 Å². The van der Waals surface area contributed by atoms with Crippen LogP contribution in [0.25, 0.3) is 0 Å². The maximum Gasteiger partial charge on any atom is 0.262 e. The van der Waals surface area contributed by atoms with Crippen LogP contribution < -0.4 is 5.32 Å². The van der Waals surface area contributed by atoms with E-state index < -0.39 is 15.8 Å². The Kier molecular flexibility index (Phi) is 6.23. The van der Waals surface area contributed by atoms with E-state index in [1.54, 1.807) is 23.9 Å². The van der Waals surface area contributed by atoms with Crippen molar-refractivity contribution in [3.63, 3.8) is 0 Å². The zero-order valence-electron chi connectivity index (χ0n) is 15.7. The van der Waals surface area contributed by atoms with Crippen LogP contribution >= 0.6 is 0 Å². The van der Waals surface area contributed by atoms with Gasteiger partial charge in [-0.15, -0.1) is 0 Å². The minimum atomic E-state index is -3.73. The summed E-state index contributed by atoms with van der Waals surface area (Å²) in [5, 5.41) is 3.42. The largest absolute Gasteiger partial charge is 0.339 e. The Morgan fingerprint density at radius 2 is 2.11 bits per heavy atom. The molecule has 3 heterocycles. The molecule has 2 atom stereocenters. The third-order valence-corrected chi connectivity index (χ3v) is 6.61. The number of aryl methyl sites for hydroxylation is 1. The van der Waals surface area contributed by atoms with E-state index in [2.05, 4.69) is 22.2 Å². The van der Waals surface area contributed by atoms with Crippen molar-refractivity contribution in [2.24, 2.45) is 7.05 Å². The van der Waals surface area contributed by atoms with Gasteiger partial charge in [-0.25, -0.2) is 17.8 Å². The van der Waals surface area contributed by atoms with Crippen molar-refractivity contribution in [2.45, 2.75) is 43.2 Å². The summed E-state index contributed by atoms with van der Waals surface area (Å²) in [7, 11) is -2.01. The van der Waals surface area contributed by atoms with Crippen molar-refractivity contribution in [2.75, 3.05) is 19.6 Å². The average molecular weight is 396 g/mol. The number of sulfonamides is 1. The summed E-state index contributed by atoms with van der Waals surface area (Å²) in [5.41, 5.74) is 0.309. The van der Waals surface area contributed by atoms with Crippen molar-refractivity contribution in [1.29, 1.82) is 0 Å². The average Bonchev–Trinajstić information content (AvgIpc) is 3.26. The van der Waals surface area contributed by atoms with Gasteiger partial charge in [0, 0.05) is 44.5 Å². The normalized spacial score (nSPS) is 21.0. The molecule has 0 saturated carbocycles. The number of nitrogens with zero attached hydrogens (tertiary/aromatic N) is 4. The first kappa shape index (κ1) is 19.9. The molecule has 1 aliphatic rings. The summed E-state index contributed by atoms with van der Waals surface area (Å²) in [6.45, 7) is 3.34. The van der Waals surface area contributed by atoms with Gasteiger partial charge in [0.25, 0.3) is 10.0 Å². The molecule has 0 bridgehead atoms. The first-order valence-electron chi connectivity index (χ1n) is 9.25. The number of pyridine rings is 1. The Morgan fingerprint density at radius 3 is 2.78 bits per heavy atom. The number of nitrogens with one attached hydrogen (secondary N) is 1. The third kappa shape index (κ3) is 4.36. The van der Waals surface area contributed by atoms with Crippen LogP contribution in [-0.2, 0) is 17.1 Å². The second-order valence-corrected chi connectivity index (χ2v) is 8.83. The van der Waals surface area contributed by atoms with Gasteiger partial charge in [0.1, 0.15) is 5.82 Å². The second kappa shape index (κ2) is 8.45. The van der Waals surface area contributed by atoms with Gasteiger partial charge in [-0.1, -0.05) is 19.8 Å². The Hall–Kier alpha value is -1.84. The molecule has 0 aliphatic carbocycles. The number of unbranched alkanes of at least 4 members (excludes halogenated alkanes) is 2. The molecule has 1 saturated heterocycles. The molecule has 2 aromatic heterocycles. The van der Waals surface area contributed by atoms with Crippen molar-refractivity contribution in [3.8, 4) is 0 Å². The smallest absolute Gasteiger partial charge is 0.262 e. The van der Waals surface area contributed by atoms with E-state index in [0.29, 0.717) is 5.69 Å². The number of rotatable bonds is 8. The summed E-state index contributed by atoms with van der Waals surface area (Å²) in [6, 6.07) is 2.72. The zero-order chi connectivity index (χ0) is 19.4. The molecule has 27 heavy (non-hydrogen) atoms. The first-order valence-corrected chi connectivity index (χ1v) is 10.7. The Morgan fingerprint density at radius 1 is 1.30 bits per heavy atom. The van der Waals surface area contributed by atoms with E-state index in [0.717, 1.165) is 25.8 Å². The van der Waals surface area contributed by atoms with Crippen LogP contribution in [0, 0.1) is 5.82 Å². The molecule has 1 aliphatic heterocycles. The first-order chi connectivity index (χ1) is 12.9. The van der Waals surface area contributed by atoms with Crippen molar-refractivity contribution >= 4 is 10.0 Å². The predicted octanol–water partition coefficient (Wildman–Crippen LogP) is 1.89. The van der Waals surface area contributed by atoms with E-state index in [9.17, 15) is 12.8 Å². The molecule has 0 radical (unpaired) electrons. The zero-order valence-corrected chi connectivity index (χ0v) is 16.5. The van der Waals surface area contributed by atoms with Gasteiger partial charge in [-0.2, -0.15) is 4.31 Å². The summed E-state index contributed by atoms with van der Waals surface area (Å²) in [5.74, 6) is -0.744. The van der Waals surface area contributed by atoms with E-state index in [1.165, 1.54) is 22.9 Å². The molecule has 9 heteroatoms. The number of hydrogen-bond donors (Lipinski definition) is 1. The van der Waals surface area contributed by atoms with E-state index in [4.69, 9.17) is 0 Å². The van der Waals surface area contributed by atoms with Crippen LogP contribution in [-0.4, -0.2) is 52.9 Å². The fraction of sp³-hybridized carbons (Fsp3) is 0.556.